The molecule has 0 radical (unpaired) electrons. The molecular formula is C15H20FN3. The van der Waals surface area contributed by atoms with Crippen molar-refractivity contribution in [3.63, 3.8) is 0 Å². The number of imidazole rings is 1. The number of benzene rings is 1. The number of rotatable bonds is 5. The normalized spacial score (nSPS) is 14.3. The van der Waals surface area contributed by atoms with E-state index in [4.69, 9.17) is 5.73 Å². The largest absolute Gasteiger partial charge is 0.338 e. The van der Waals surface area contributed by atoms with Crippen LogP contribution in [-0.4, -0.2) is 9.55 Å². The Balaban J connectivity index is 2.16. The third kappa shape index (κ3) is 3.01. The molecule has 0 aliphatic rings. The van der Waals surface area contributed by atoms with E-state index >= 15 is 0 Å². The van der Waals surface area contributed by atoms with Crippen molar-refractivity contribution in [2.45, 2.75) is 31.7 Å². The van der Waals surface area contributed by atoms with Crippen LogP contribution in [0.1, 0.15) is 31.2 Å². The predicted octanol–water partition coefficient (Wildman–Crippen LogP) is 2.76. The summed E-state index contributed by atoms with van der Waals surface area (Å²) in [5.41, 5.74) is 6.80. The highest BCUT2D eigenvalue weighted by Gasteiger charge is 2.25. The number of hydrogen-bond acceptors (Lipinski definition) is 2. The Labute approximate surface area is 113 Å². The van der Waals surface area contributed by atoms with E-state index in [-0.39, 0.29) is 5.82 Å². The van der Waals surface area contributed by atoms with Crippen LogP contribution < -0.4 is 5.73 Å². The third-order valence-corrected chi connectivity index (χ3v) is 3.75. The SMILES string of the molecule is CCC(N)(CCc1nccn1C)c1cccc(F)c1. The molecule has 1 heterocycles. The molecular weight excluding hydrogens is 241 g/mol. The minimum atomic E-state index is -0.506. The highest BCUT2D eigenvalue weighted by Crippen LogP contribution is 2.27. The van der Waals surface area contributed by atoms with Gasteiger partial charge in [0.25, 0.3) is 0 Å². The fourth-order valence-electron chi connectivity index (χ4n) is 2.30. The molecule has 1 aromatic carbocycles. The Morgan fingerprint density at radius 3 is 2.79 bits per heavy atom. The molecule has 0 saturated carbocycles. The van der Waals surface area contributed by atoms with Gasteiger partial charge in [0.05, 0.1) is 0 Å². The molecule has 1 aromatic heterocycles. The summed E-state index contributed by atoms with van der Waals surface area (Å²) >= 11 is 0. The average Bonchev–Trinajstić information content (AvgIpc) is 2.81. The van der Waals surface area contributed by atoms with Gasteiger partial charge in [0.1, 0.15) is 11.6 Å². The molecule has 2 aromatic rings. The monoisotopic (exact) mass is 261 g/mol. The van der Waals surface area contributed by atoms with Crippen molar-refractivity contribution < 1.29 is 4.39 Å². The van der Waals surface area contributed by atoms with Gasteiger partial charge in [-0.15, -0.1) is 0 Å². The lowest BCUT2D eigenvalue weighted by Crippen LogP contribution is -2.36. The molecule has 0 spiro atoms. The summed E-state index contributed by atoms with van der Waals surface area (Å²) in [5, 5.41) is 0. The van der Waals surface area contributed by atoms with Gasteiger partial charge >= 0.3 is 0 Å². The molecule has 0 amide bonds. The summed E-state index contributed by atoms with van der Waals surface area (Å²) < 4.78 is 15.3. The van der Waals surface area contributed by atoms with Crippen molar-refractivity contribution in [1.29, 1.82) is 0 Å². The first-order chi connectivity index (χ1) is 9.05. The van der Waals surface area contributed by atoms with Crippen molar-refractivity contribution >= 4 is 0 Å². The number of aryl methyl sites for hydroxylation is 2. The van der Waals surface area contributed by atoms with Crippen LogP contribution in [0.3, 0.4) is 0 Å². The maximum Gasteiger partial charge on any atom is 0.123 e. The van der Waals surface area contributed by atoms with E-state index < -0.39 is 5.54 Å². The Kier molecular flexibility index (Phi) is 4.00. The summed E-state index contributed by atoms with van der Waals surface area (Å²) in [5.74, 6) is 0.762. The Bertz CT molecular complexity index is 550. The minimum absolute atomic E-state index is 0.238. The Morgan fingerprint density at radius 2 is 2.21 bits per heavy atom. The number of hydrogen-bond donors (Lipinski definition) is 1. The van der Waals surface area contributed by atoms with E-state index in [1.54, 1.807) is 12.3 Å². The first-order valence-corrected chi connectivity index (χ1v) is 6.56. The van der Waals surface area contributed by atoms with Gasteiger partial charge in [-0.05, 0) is 30.5 Å². The minimum Gasteiger partial charge on any atom is -0.338 e. The van der Waals surface area contributed by atoms with Crippen molar-refractivity contribution in [3.05, 3.63) is 53.9 Å². The van der Waals surface area contributed by atoms with Gasteiger partial charge in [0, 0.05) is 31.4 Å². The number of halogens is 1. The summed E-state index contributed by atoms with van der Waals surface area (Å²) in [7, 11) is 1.97. The maximum absolute atomic E-state index is 13.3. The molecule has 2 N–H and O–H groups in total. The zero-order valence-electron chi connectivity index (χ0n) is 11.4. The van der Waals surface area contributed by atoms with Gasteiger partial charge in [0.2, 0.25) is 0 Å². The quantitative estimate of drug-likeness (QED) is 0.899. The second kappa shape index (κ2) is 5.53. The highest BCUT2D eigenvalue weighted by molar-refractivity contribution is 5.25. The van der Waals surface area contributed by atoms with Crippen molar-refractivity contribution in [2.24, 2.45) is 12.8 Å². The third-order valence-electron chi connectivity index (χ3n) is 3.75. The fourth-order valence-corrected chi connectivity index (χ4v) is 2.30. The number of nitrogens with two attached hydrogens (primary N) is 1. The van der Waals surface area contributed by atoms with Gasteiger partial charge in [-0.3, -0.25) is 0 Å². The van der Waals surface area contributed by atoms with Gasteiger partial charge in [-0.1, -0.05) is 19.1 Å². The van der Waals surface area contributed by atoms with Crippen LogP contribution in [-0.2, 0) is 19.0 Å². The summed E-state index contributed by atoms with van der Waals surface area (Å²) in [4.78, 5) is 4.30. The smallest absolute Gasteiger partial charge is 0.123 e. The molecule has 0 bridgehead atoms. The van der Waals surface area contributed by atoms with Crippen molar-refractivity contribution in [1.82, 2.24) is 9.55 Å². The molecule has 19 heavy (non-hydrogen) atoms. The summed E-state index contributed by atoms with van der Waals surface area (Å²) in [6, 6.07) is 6.58. The Hall–Kier alpha value is -1.68. The lowest BCUT2D eigenvalue weighted by molar-refractivity contribution is 0.387. The van der Waals surface area contributed by atoms with Gasteiger partial charge < -0.3 is 10.3 Å². The molecule has 0 aliphatic heterocycles. The van der Waals surface area contributed by atoms with Crippen LogP contribution in [0.25, 0.3) is 0 Å². The van der Waals surface area contributed by atoms with Crippen molar-refractivity contribution in [3.8, 4) is 0 Å². The number of nitrogens with zero attached hydrogens (tertiary/aromatic N) is 2. The second-order valence-corrected chi connectivity index (χ2v) is 4.97. The van der Waals surface area contributed by atoms with E-state index in [0.717, 1.165) is 30.7 Å². The van der Waals surface area contributed by atoms with Crippen LogP contribution in [0, 0.1) is 5.82 Å². The van der Waals surface area contributed by atoms with E-state index in [1.807, 2.05) is 30.8 Å². The molecule has 0 fully saturated rings. The second-order valence-electron chi connectivity index (χ2n) is 4.97. The lowest BCUT2D eigenvalue weighted by Gasteiger charge is -2.29. The molecule has 0 saturated heterocycles. The summed E-state index contributed by atoms with van der Waals surface area (Å²) in [6.07, 6.45) is 5.99. The van der Waals surface area contributed by atoms with Crippen molar-refractivity contribution in [2.75, 3.05) is 0 Å². The number of aromatic nitrogens is 2. The van der Waals surface area contributed by atoms with Gasteiger partial charge in [0.15, 0.2) is 0 Å². The first-order valence-electron chi connectivity index (χ1n) is 6.56. The van der Waals surface area contributed by atoms with Crippen LogP contribution >= 0.6 is 0 Å². The molecule has 2 rings (SSSR count). The van der Waals surface area contributed by atoms with E-state index in [2.05, 4.69) is 4.98 Å². The molecule has 1 atom stereocenters. The lowest BCUT2D eigenvalue weighted by atomic mass is 9.84. The van der Waals surface area contributed by atoms with Gasteiger partial charge in [-0.2, -0.15) is 0 Å². The van der Waals surface area contributed by atoms with Crippen LogP contribution in [0.15, 0.2) is 36.7 Å². The molecule has 102 valence electrons. The van der Waals surface area contributed by atoms with Crippen LogP contribution in [0.4, 0.5) is 4.39 Å². The molecule has 3 nitrogen and oxygen atoms in total. The van der Waals surface area contributed by atoms with Gasteiger partial charge in [-0.25, -0.2) is 9.37 Å². The Morgan fingerprint density at radius 1 is 1.42 bits per heavy atom. The highest BCUT2D eigenvalue weighted by atomic mass is 19.1. The van der Waals surface area contributed by atoms with E-state index in [0.29, 0.717) is 0 Å². The summed E-state index contributed by atoms with van der Waals surface area (Å²) in [6.45, 7) is 2.03. The fraction of sp³-hybridized carbons (Fsp3) is 0.400. The average molecular weight is 261 g/mol. The first kappa shape index (κ1) is 13.7. The van der Waals surface area contributed by atoms with Crippen LogP contribution in [0.5, 0.6) is 0 Å². The van der Waals surface area contributed by atoms with E-state index in [1.165, 1.54) is 12.1 Å². The standard InChI is InChI=1S/C15H20FN3/c1-3-15(17,12-5-4-6-13(16)11-12)8-7-14-18-9-10-19(14)2/h4-6,9-11H,3,7-8,17H2,1-2H3. The molecule has 4 heteroatoms. The zero-order chi connectivity index (χ0) is 13.9. The predicted molar refractivity (Wildman–Crippen MR) is 74.1 cm³/mol. The molecule has 0 aliphatic carbocycles. The van der Waals surface area contributed by atoms with E-state index in [9.17, 15) is 4.39 Å². The van der Waals surface area contributed by atoms with Crippen LogP contribution in [0.2, 0.25) is 0 Å². The molecule has 1 unspecified atom stereocenters. The zero-order valence-corrected chi connectivity index (χ0v) is 11.4. The maximum atomic E-state index is 13.3. The topological polar surface area (TPSA) is 43.8 Å².